The minimum Gasteiger partial charge on any atom is -0.465 e. The van der Waals surface area contributed by atoms with Gasteiger partial charge in [0, 0.05) is 18.8 Å². The van der Waals surface area contributed by atoms with Crippen LogP contribution in [0.25, 0.3) is 10.8 Å². The predicted molar refractivity (Wildman–Crippen MR) is 88.1 cm³/mol. The number of anilines is 1. The lowest BCUT2D eigenvalue weighted by atomic mass is 10.1. The van der Waals surface area contributed by atoms with Crippen LogP contribution in [0.1, 0.15) is 37.0 Å². The molecule has 0 saturated heterocycles. The van der Waals surface area contributed by atoms with Crippen molar-refractivity contribution >= 4 is 22.4 Å². The fourth-order valence-corrected chi connectivity index (χ4v) is 2.58. The van der Waals surface area contributed by atoms with Gasteiger partial charge in [-0.2, -0.15) is 0 Å². The van der Waals surface area contributed by atoms with Crippen LogP contribution in [0, 0.1) is 0 Å². The van der Waals surface area contributed by atoms with Crippen molar-refractivity contribution in [1.82, 2.24) is 0 Å². The number of hydrogen-bond donors (Lipinski definition) is 0. The molecule has 0 aliphatic heterocycles. The molecule has 0 saturated carbocycles. The van der Waals surface area contributed by atoms with Crippen LogP contribution in [0.2, 0.25) is 0 Å². The normalized spacial score (nSPS) is 10.6. The van der Waals surface area contributed by atoms with E-state index in [9.17, 15) is 4.79 Å². The molecule has 0 bridgehead atoms. The van der Waals surface area contributed by atoms with Crippen LogP contribution in [0.3, 0.4) is 0 Å². The summed E-state index contributed by atoms with van der Waals surface area (Å²) in [5.41, 5.74) is 1.84. The fourth-order valence-electron chi connectivity index (χ4n) is 2.58. The van der Waals surface area contributed by atoms with Crippen LogP contribution in [0.4, 0.5) is 5.69 Å². The third kappa shape index (κ3) is 3.54. The molecule has 21 heavy (non-hydrogen) atoms. The van der Waals surface area contributed by atoms with Gasteiger partial charge in [-0.1, -0.05) is 26.0 Å². The Morgan fingerprint density at radius 3 is 2.24 bits per heavy atom. The Bertz CT molecular complexity index is 616. The number of carbonyl (C=O) groups is 1. The minimum atomic E-state index is -0.292. The SMILES string of the molecule is CCCN(CCC)c1ccc2cc(C(=O)OC)ccc2c1. The molecule has 112 valence electrons. The van der Waals surface area contributed by atoms with Gasteiger partial charge in [0.15, 0.2) is 0 Å². The Morgan fingerprint density at radius 2 is 1.62 bits per heavy atom. The van der Waals surface area contributed by atoms with Crippen molar-refractivity contribution in [3.63, 3.8) is 0 Å². The molecule has 0 amide bonds. The monoisotopic (exact) mass is 285 g/mol. The van der Waals surface area contributed by atoms with E-state index in [1.165, 1.54) is 12.8 Å². The van der Waals surface area contributed by atoms with Crippen LogP contribution in [0.15, 0.2) is 36.4 Å². The van der Waals surface area contributed by atoms with E-state index in [0.717, 1.165) is 36.7 Å². The van der Waals surface area contributed by atoms with Gasteiger partial charge in [0.25, 0.3) is 0 Å². The van der Waals surface area contributed by atoms with E-state index < -0.39 is 0 Å². The highest BCUT2D eigenvalue weighted by Crippen LogP contribution is 2.24. The van der Waals surface area contributed by atoms with E-state index in [-0.39, 0.29) is 5.97 Å². The lowest BCUT2D eigenvalue weighted by molar-refractivity contribution is 0.0601. The number of benzene rings is 2. The van der Waals surface area contributed by atoms with E-state index in [1.54, 1.807) is 0 Å². The van der Waals surface area contributed by atoms with Gasteiger partial charge < -0.3 is 9.64 Å². The highest BCUT2D eigenvalue weighted by atomic mass is 16.5. The van der Waals surface area contributed by atoms with Gasteiger partial charge in [-0.25, -0.2) is 4.79 Å². The molecule has 2 rings (SSSR count). The third-order valence-electron chi connectivity index (χ3n) is 3.60. The van der Waals surface area contributed by atoms with Crippen LogP contribution in [0.5, 0.6) is 0 Å². The Hall–Kier alpha value is -2.03. The molecule has 0 aliphatic rings. The second-order valence-electron chi connectivity index (χ2n) is 5.22. The molecular formula is C18H23NO2. The lowest BCUT2D eigenvalue weighted by Crippen LogP contribution is -2.24. The molecule has 0 unspecified atom stereocenters. The van der Waals surface area contributed by atoms with Gasteiger partial charge in [0.1, 0.15) is 0 Å². The Morgan fingerprint density at radius 1 is 1.00 bits per heavy atom. The van der Waals surface area contributed by atoms with Gasteiger partial charge >= 0.3 is 5.97 Å². The highest BCUT2D eigenvalue weighted by Gasteiger charge is 2.08. The quantitative estimate of drug-likeness (QED) is 0.743. The first-order valence-corrected chi connectivity index (χ1v) is 7.56. The van der Waals surface area contributed by atoms with Gasteiger partial charge in [0.2, 0.25) is 0 Å². The van der Waals surface area contributed by atoms with Gasteiger partial charge in [-0.05, 0) is 47.9 Å². The van der Waals surface area contributed by atoms with E-state index in [0.29, 0.717) is 5.56 Å². The van der Waals surface area contributed by atoms with Crippen LogP contribution in [-0.2, 0) is 4.74 Å². The summed E-state index contributed by atoms with van der Waals surface area (Å²) in [5.74, 6) is -0.292. The predicted octanol–water partition coefficient (Wildman–Crippen LogP) is 4.25. The molecule has 3 heteroatoms. The summed E-state index contributed by atoms with van der Waals surface area (Å²) in [5, 5.41) is 2.21. The van der Waals surface area contributed by atoms with Gasteiger partial charge in [-0.3, -0.25) is 0 Å². The maximum atomic E-state index is 11.6. The Labute approximate surface area is 126 Å². The number of esters is 1. The van der Waals surface area contributed by atoms with Crippen molar-refractivity contribution in [2.45, 2.75) is 26.7 Å². The van der Waals surface area contributed by atoms with Crippen molar-refractivity contribution in [3.8, 4) is 0 Å². The summed E-state index contributed by atoms with van der Waals surface area (Å²) in [4.78, 5) is 14.0. The van der Waals surface area contributed by atoms with Crippen molar-refractivity contribution in [2.75, 3.05) is 25.1 Å². The average molecular weight is 285 g/mol. The molecule has 0 N–H and O–H groups in total. The summed E-state index contributed by atoms with van der Waals surface area (Å²) < 4.78 is 4.76. The van der Waals surface area contributed by atoms with Gasteiger partial charge in [-0.15, -0.1) is 0 Å². The smallest absolute Gasteiger partial charge is 0.337 e. The molecule has 0 radical (unpaired) electrons. The molecule has 2 aromatic rings. The largest absolute Gasteiger partial charge is 0.465 e. The number of nitrogens with zero attached hydrogens (tertiary/aromatic N) is 1. The number of methoxy groups -OCH3 is 1. The second kappa shape index (κ2) is 7.11. The van der Waals surface area contributed by atoms with Crippen molar-refractivity contribution in [2.24, 2.45) is 0 Å². The molecular weight excluding hydrogens is 262 g/mol. The summed E-state index contributed by atoms with van der Waals surface area (Å²) in [7, 11) is 1.41. The lowest BCUT2D eigenvalue weighted by Gasteiger charge is -2.24. The van der Waals surface area contributed by atoms with E-state index in [1.807, 2.05) is 18.2 Å². The van der Waals surface area contributed by atoms with Crippen LogP contribution >= 0.6 is 0 Å². The van der Waals surface area contributed by atoms with Crippen molar-refractivity contribution < 1.29 is 9.53 Å². The third-order valence-corrected chi connectivity index (χ3v) is 3.60. The van der Waals surface area contributed by atoms with Crippen molar-refractivity contribution in [1.29, 1.82) is 0 Å². The number of fused-ring (bicyclic) bond motifs is 1. The molecule has 3 nitrogen and oxygen atoms in total. The number of hydrogen-bond acceptors (Lipinski definition) is 3. The minimum absolute atomic E-state index is 0.292. The number of rotatable bonds is 6. The molecule has 0 atom stereocenters. The first-order valence-electron chi connectivity index (χ1n) is 7.56. The first kappa shape index (κ1) is 15.4. The zero-order valence-electron chi connectivity index (χ0n) is 13.1. The molecule has 0 aromatic heterocycles. The van der Waals surface area contributed by atoms with Gasteiger partial charge in [0.05, 0.1) is 12.7 Å². The fraction of sp³-hybridized carbons (Fsp3) is 0.389. The highest BCUT2D eigenvalue weighted by molar-refractivity contribution is 5.96. The Kier molecular flexibility index (Phi) is 5.20. The summed E-state index contributed by atoms with van der Waals surface area (Å²) >= 11 is 0. The van der Waals surface area contributed by atoms with Crippen molar-refractivity contribution in [3.05, 3.63) is 42.0 Å². The van der Waals surface area contributed by atoms with Crippen LogP contribution < -0.4 is 4.90 Å². The van der Waals surface area contributed by atoms with E-state index in [4.69, 9.17) is 4.74 Å². The maximum absolute atomic E-state index is 11.6. The summed E-state index contributed by atoms with van der Waals surface area (Å²) in [6.45, 7) is 6.54. The maximum Gasteiger partial charge on any atom is 0.337 e. The number of ether oxygens (including phenoxy) is 1. The zero-order chi connectivity index (χ0) is 15.2. The summed E-state index contributed by atoms with van der Waals surface area (Å²) in [6.07, 6.45) is 2.28. The molecule has 0 spiro atoms. The first-order chi connectivity index (χ1) is 10.2. The number of carbonyl (C=O) groups excluding carboxylic acids is 1. The topological polar surface area (TPSA) is 29.5 Å². The molecule has 2 aromatic carbocycles. The average Bonchev–Trinajstić information content (AvgIpc) is 2.53. The summed E-state index contributed by atoms with van der Waals surface area (Å²) in [6, 6.07) is 12.1. The molecule has 0 heterocycles. The molecule has 0 aliphatic carbocycles. The standard InChI is InChI=1S/C18H23NO2/c1-4-10-19(11-5-2)17-9-8-14-12-16(18(20)21-3)7-6-15(14)13-17/h6-9,12-13H,4-5,10-11H2,1-3H3. The van der Waals surface area contributed by atoms with E-state index in [2.05, 4.69) is 36.9 Å². The Balaban J connectivity index is 2.35. The molecule has 0 fully saturated rings. The second-order valence-corrected chi connectivity index (χ2v) is 5.22. The van der Waals surface area contributed by atoms with E-state index >= 15 is 0 Å². The van der Waals surface area contributed by atoms with Crippen LogP contribution in [-0.4, -0.2) is 26.2 Å². The zero-order valence-corrected chi connectivity index (χ0v) is 13.1.